The molecule has 2 nitrogen and oxygen atoms in total. The highest BCUT2D eigenvalue weighted by molar-refractivity contribution is 7.10. The largest absolute Gasteiger partial charge is 0.344 e. The molecule has 0 radical (unpaired) electrons. The smallest absolute Gasteiger partial charge is 0.0593 e. The SMILES string of the molecule is CC1(C)Cc2c(ccn2C2CCCc3sccc32)C(N)C1. The van der Waals surface area contributed by atoms with Crippen LogP contribution in [0.5, 0.6) is 0 Å². The minimum Gasteiger partial charge on any atom is -0.344 e. The van der Waals surface area contributed by atoms with E-state index in [0.29, 0.717) is 11.5 Å². The molecule has 21 heavy (non-hydrogen) atoms. The first-order valence-corrected chi connectivity index (χ1v) is 8.94. The molecule has 0 saturated carbocycles. The van der Waals surface area contributed by atoms with Gasteiger partial charge in [-0.05, 0) is 66.2 Å². The van der Waals surface area contributed by atoms with Crippen LogP contribution in [0.3, 0.4) is 0 Å². The molecule has 2 aliphatic carbocycles. The summed E-state index contributed by atoms with van der Waals surface area (Å²) in [4.78, 5) is 1.59. The Hall–Kier alpha value is -1.06. The van der Waals surface area contributed by atoms with Crippen molar-refractivity contribution in [1.29, 1.82) is 0 Å². The molecule has 2 heterocycles. The third-order valence-corrected chi connectivity index (χ3v) is 6.23. The Morgan fingerprint density at radius 2 is 2.14 bits per heavy atom. The summed E-state index contributed by atoms with van der Waals surface area (Å²) in [7, 11) is 0. The van der Waals surface area contributed by atoms with Gasteiger partial charge >= 0.3 is 0 Å². The minimum atomic E-state index is 0.204. The molecule has 0 fully saturated rings. The van der Waals surface area contributed by atoms with Crippen LogP contribution < -0.4 is 5.73 Å². The fraction of sp³-hybridized carbons (Fsp3) is 0.556. The Labute approximate surface area is 131 Å². The number of nitrogens with two attached hydrogens (primary N) is 1. The van der Waals surface area contributed by atoms with E-state index in [9.17, 15) is 0 Å². The van der Waals surface area contributed by atoms with Crippen molar-refractivity contribution in [1.82, 2.24) is 4.57 Å². The van der Waals surface area contributed by atoms with Crippen molar-refractivity contribution >= 4 is 11.3 Å². The topological polar surface area (TPSA) is 30.9 Å². The zero-order valence-corrected chi connectivity index (χ0v) is 13.7. The lowest BCUT2D eigenvalue weighted by atomic mass is 9.74. The number of rotatable bonds is 1. The highest BCUT2D eigenvalue weighted by atomic mass is 32.1. The summed E-state index contributed by atoms with van der Waals surface area (Å²) in [6, 6.07) is 5.35. The van der Waals surface area contributed by atoms with Gasteiger partial charge in [0.25, 0.3) is 0 Å². The van der Waals surface area contributed by atoms with E-state index >= 15 is 0 Å². The van der Waals surface area contributed by atoms with Gasteiger partial charge in [-0.15, -0.1) is 11.3 Å². The van der Waals surface area contributed by atoms with Crippen LogP contribution in [-0.2, 0) is 12.8 Å². The van der Waals surface area contributed by atoms with Crippen molar-refractivity contribution in [2.75, 3.05) is 0 Å². The lowest BCUT2D eigenvalue weighted by molar-refractivity contribution is 0.272. The first kappa shape index (κ1) is 13.6. The highest BCUT2D eigenvalue weighted by Crippen LogP contribution is 2.43. The van der Waals surface area contributed by atoms with Gasteiger partial charge in [0.15, 0.2) is 0 Å². The number of aromatic nitrogens is 1. The molecule has 2 aromatic rings. The van der Waals surface area contributed by atoms with Crippen LogP contribution in [0.2, 0.25) is 0 Å². The molecule has 2 aliphatic rings. The maximum absolute atomic E-state index is 6.43. The maximum Gasteiger partial charge on any atom is 0.0593 e. The van der Waals surface area contributed by atoms with E-state index in [4.69, 9.17) is 5.73 Å². The molecule has 2 atom stereocenters. The van der Waals surface area contributed by atoms with Crippen LogP contribution in [0, 0.1) is 5.41 Å². The minimum absolute atomic E-state index is 0.204. The molecular weight excluding hydrogens is 276 g/mol. The van der Waals surface area contributed by atoms with E-state index < -0.39 is 0 Å². The van der Waals surface area contributed by atoms with E-state index in [2.05, 4.69) is 42.1 Å². The third-order valence-electron chi connectivity index (χ3n) is 5.23. The lowest BCUT2D eigenvalue weighted by Crippen LogP contribution is -2.31. The summed E-state index contributed by atoms with van der Waals surface area (Å²) >= 11 is 1.93. The van der Waals surface area contributed by atoms with Gasteiger partial charge in [-0.25, -0.2) is 0 Å². The predicted molar refractivity (Wildman–Crippen MR) is 88.9 cm³/mol. The van der Waals surface area contributed by atoms with Gasteiger partial charge in [0.1, 0.15) is 0 Å². The molecule has 0 spiro atoms. The third kappa shape index (κ3) is 2.18. The van der Waals surface area contributed by atoms with Gasteiger partial charge in [-0.2, -0.15) is 0 Å². The van der Waals surface area contributed by atoms with E-state index in [1.807, 2.05) is 11.3 Å². The first-order valence-electron chi connectivity index (χ1n) is 8.07. The summed E-state index contributed by atoms with van der Waals surface area (Å²) in [5.41, 5.74) is 11.2. The monoisotopic (exact) mass is 300 g/mol. The number of aryl methyl sites for hydroxylation is 1. The fourth-order valence-corrected chi connectivity index (χ4v) is 5.28. The molecule has 2 unspecified atom stereocenters. The quantitative estimate of drug-likeness (QED) is 0.829. The molecule has 0 saturated heterocycles. The van der Waals surface area contributed by atoms with Crippen LogP contribution >= 0.6 is 11.3 Å². The second-order valence-corrected chi connectivity index (χ2v) is 8.48. The van der Waals surface area contributed by atoms with E-state index in [0.717, 1.165) is 12.8 Å². The van der Waals surface area contributed by atoms with Crippen LogP contribution in [-0.4, -0.2) is 4.57 Å². The van der Waals surface area contributed by atoms with Crippen molar-refractivity contribution in [3.8, 4) is 0 Å². The Balaban J connectivity index is 1.79. The van der Waals surface area contributed by atoms with Crippen molar-refractivity contribution in [3.63, 3.8) is 0 Å². The number of thiophene rings is 1. The summed E-state index contributed by atoms with van der Waals surface area (Å²) in [5.74, 6) is 0. The van der Waals surface area contributed by atoms with Gasteiger partial charge < -0.3 is 10.3 Å². The lowest BCUT2D eigenvalue weighted by Gasteiger charge is -2.36. The predicted octanol–water partition coefficient (Wildman–Crippen LogP) is 4.45. The van der Waals surface area contributed by atoms with Crippen molar-refractivity contribution in [2.45, 2.75) is 58.0 Å². The molecule has 4 rings (SSSR count). The van der Waals surface area contributed by atoms with Gasteiger partial charge in [-0.3, -0.25) is 0 Å². The standard InChI is InChI=1S/C18H24N2S/c1-18(2)10-14(19)12-6-8-20(16(12)11-18)15-4-3-5-17-13(15)7-9-21-17/h6-9,14-15H,3-5,10-11,19H2,1-2H3. The average molecular weight is 300 g/mol. The van der Waals surface area contributed by atoms with E-state index in [1.165, 1.54) is 30.5 Å². The van der Waals surface area contributed by atoms with E-state index in [1.54, 1.807) is 10.4 Å². The van der Waals surface area contributed by atoms with Crippen LogP contribution in [0.4, 0.5) is 0 Å². The van der Waals surface area contributed by atoms with Crippen molar-refractivity contribution in [3.05, 3.63) is 45.4 Å². The molecule has 2 aromatic heterocycles. The normalized spacial score (nSPS) is 27.2. The average Bonchev–Trinajstić information content (AvgIpc) is 3.02. The fourth-order valence-electron chi connectivity index (χ4n) is 4.30. The molecular formula is C18H24N2S. The Kier molecular flexibility index (Phi) is 3.05. The molecule has 0 amide bonds. The molecule has 2 N–H and O–H groups in total. The number of hydrogen-bond acceptors (Lipinski definition) is 2. The Bertz CT molecular complexity index is 665. The van der Waals surface area contributed by atoms with Crippen LogP contribution in [0.25, 0.3) is 0 Å². The molecule has 0 aromatic carbocycles. The van der Waals surface area contributed by atoms with Crippen molar-refractivity contribution < 1.29 is 0 Å². The van der Waals surface area contributed by atoms with Gasteiger partial charge in [0.2, 0.25) is 0 Å². The zero-order valence-electron chi connectivity index (χ0n) is 12.9. The second-order valence-electron chi connectivity index (χ2n) is 7.48. The number of hydrogen-bond donors (Lipinski definition) is 1. The van der Waals surface area contributed by atoms with E-state index in [-0.39, 0.29) is 6.04 Å². The van der Waals surface area contributed by atoms with Gasteiger partial charge in [0, 0.05) is 22.8 Å². The second kappa shape index (κ2) is 4.72. The summed E-state index contributed by atoms with van der Waals surface area (Å²) in [6.07, 6.45) is 8.37. The van der Waals surface area contributed by atoms with Gasteiger partial charge in [-0.1, -0.05) is 13.8 Å². The molecule has 3 heteroatoms. The highest BCUT2D eigenvalue weighted by Gasteiger charge is 2.34. The Morgan fingerprint density at radius 3 is 3.00 bits per heavy atom. The molecule has 0 aliphatic heterocycles. The molecule has 112 valence electrons. The zero-order chi connectivity index (χ0) is 14.6. The Morgan fingerprint density at radius 1 is 1.29 bits per heavy atom. The summed E-state index contributed by atoms with van der Waals surface area (Å²) in [6.45, 7) is 4.70. The summed E-state index contributed by atoms with van der Waals surface area (Å²) in [5, 5.41) is 2.26. The molecule has 0 bridgehead atoms. The number of fused-ring (bicyclic) bond motifs is 2. The number of nitrogens with zero attached hydrogens (tertiary/aromatic N) is 1. The van der Waals surface area contributed by atoms with Crippen LogP contribution in [0.1, 0.15) is 66.9 Å². The summed E-state index contributed by atoms with van der Waals surface area (Å²) < 4.78 is 2.54. The van der Waals surface area contributed by atoms with Crippen LogP contribution in [0.15, 0.2) is 23.7 Å². The first-order chi connectivity index (χ1) is 10.1. The van der Waals surface area contributed by atoms with Gasteiger partial charge in [0.05, 0.1) is 6.04 Å². The maximum atomic E-state index is 6.43. The van der Waals surface area contributed by atoms with Crippen molar-refractivity contribution in [2.24, 2.45) is 11.1 Å².